The van der Waals surface area contributed by atoms with Crippen molar-refractivity contribution in [1.29, 1.82) is 0 Å². The lowest BCUT2D eigenvalue weighted by atomic mass is 10.1. The summed E-state index contributed by atoms with van der Waals surface area (Å²) in [6.07, 6.45) is 5.26. The summed E-state index contributed by atoms with van der Waals surface area (Å²) in [6, 6.07) is 7.19. The Balaban J connectivity index is 1.53. The second-order valence-electron chi connectivity index (χ2n) is 5.15. The first-order valence-electron chi connectivity index (χ1n) is 7.00. The van der Waals surface area contributed by atoms with Gasteiger partial charge in [0.05, 0.1) is 18.5 Å². The minimum Gasteiger partial charge on any atom is -0.390 e. The van der Waals surface area contributed by atoms with E-state index < -0.39 is 6.10 Å². The molecule has 0 radical (unpaired) electrons. The number of fused-ring (bicyclic) bond motifs is 1. The molecule has 3 rings (SSSR count). The molecular formula is C15H18N4O2. The minimum absolute atomic E-state index is 0.268. The predicted molar refractivity (Wildman–Crippen MR) is 77.7 cm³/mol. The number of aromatic nitrogens is 2. The number of amides is 2. The van der Waals surface area contributed by atoms with Crippen molar-refractivity contribution in [3.8, 4) is 0 Å². The monoisotopic (exact) mass is 286 g/mol. The maximum absolute atomic E-state index is 11.9. The molecule has 0 unspecified atom stereocenters. The van der Waals surface area contributed by atoms with Crippen LogP contribution in [0.2, 0.25) is 0 Å². The van der Waals surface area contributed by atoms with E-state index in [1.54, 1.807) is 12.5 Å². The first kappa shape index (κ1) is 13.6. The Morgan fingerprint density at radius 2 is 2.29 bits per heavy atom. The Morgan fingerprint density at radius 1 is 1.43 bits per heavy atom. The summed E-state index contributed by atoms with van der Waals surface area (Å²) >= 11 is 0. The Bertz CT molecular complexity index is 612. The topological polar surface area (TPSA) is 79.2 Å². The van der Waals surface area contributed by atoms with Gasteiger partial charge in [-0.1, -0.05) is 24.3 Å². The average Bonchev–Trinajstić information content (AvgIpc) is 3.08. The van der Waals surface area contributed by atoms with Crippen LogP contribution < -0.4 is 10.6 Å². The summed E-state index contributed by atoms with van der Waals surface area (Å²) < 4.78 is 1.89. The molecule has 1 heterocycles. The van der Waals surface area contributed by atoms with Crippen LogP contribution in [-0.4, -0.2) is 33.3 Å². The van der Waals surface area contributed by atoms with Crippen LogP contribution in [0.4, 0.5) is 4.79 Å². The number of imidazole rings is 1. The molecule has 2 aromatic rings. The zero-order chi connectivity index (χ0) is 14.7. The molecule has 6 nitrogen and oxygen atoms in total. The van der Waals surface area contributed by atoms with Gasteiger partial charge in [-0.05, 0) is 11.1 Å². The van der Waals surface area contributed by atoms with E-state index >= 15 is 0 Å². The first-order valence-corrected chi connectivity index (χ1v) is 7.00. The van der Waals surface area contributed by atoms with Crippen molar-refractivity contribution in [3.05, 3.63) is 54.1 Å². The van der Waals surface area contributed by atoms with Gasteiger partial charge >= 0.3 is 6.03 Å². The van der Waals surface area contributed by atoms with Crippen LogP contribution in [0.5, 0.6) is 0 Å². The summed E-state index contributed by atoms with van der Waals surface area (Å²) in [7, 11) is 0. The average molecular weight is 286 g/mol. The van der Waals surface area contributed by atoms with E-state index in [1.807, 2.05) is 35.0 Å². The van der Waals surface area contributed by atoms with Gasteiger partial charge in [0.2, 0.25) is 0 Å². The van der Waals surface area contributed by atoms with Crippen molar-refractivity contribution in [2.24, 2.45) is 0 Å². The Hall–Kier alpha value is -2.34. The van der Waals surface area contributed by atoms with Crippen molar-refractivity contribution in [1.82, 2.24) is 20.2 Å². The van der Waals surface area contributed by atoms with E-state index in [0.29, 0.717) is 19.5 Å². The number of nitrogens with one attached hydrogen (secondary N) is 2. The zero-order valence-electron chi connectivity index (χ0n) is 11.6. The Morgan fingerprint density at radius 3 is 3.10 bits per heavy atom. The number of hydrogen-bond donors (Lipinski definition) is 3. The molecule has 0 spiro atoms. The number of carbonyl (C=O) groups is 1. The standard InChI is InChI=1S/C15H18N4O2/c20-13-9-11-3-1-2-4-12(11)14(13)18-15(21)17-6-8-19-7-5-16-10-19/h1-5,7,10,13-14,20H,6,8-9H2,(H2,17,18,21)/t13-,14+/m0/s1. The molecule has 0 saturated carbocycles. The smallest absolute Gasteiger partial charge is 0.315 e. The number of benzene rings is 1. The normalized spacial score (nSPS) is 20.0. The third-order valence-corrected chi connectivity index (χ3v) is 3.71. The highest BCUT2D eigenvalue weighted by atomic mass is 16.3. The highest BCUT2D eigenvalue weighted by molar-refractivity contribution is 5.74. The lowest BCUT2D eigenvalue weighted by Gasteiger charge is -2.18. The molecule has 0 saturated heterocycles. The van der Waals surface area contributed by atoms with Gasteiger partial charge in [0.25, 0.3) is 0 Å². The molecule has 21 heavy (non-hydrogen) atoms. The molecule has 2 atom stereocenters. The molecule has 1 aromatic carbocycles. The maximum Gasteiger partial charge on any atom is 0.315 e. The van der Waals surface area contributed by atoms with Gasteiger partial charge < -0.3 is 20.3 Å². The van der Waals surface area contributed by atoms with Crippen LogP contribution in [0, 0.1) is 0 Å². The highest BCUT2D eigenvalue weighted by Gasteiger charge is 2.31. The van der Waals surface area contributed by atoms with Crippen LogP contribution in [0.25, 0.3) is 0 Å². The molecule has 110 valence electrons. The van der Waals surface area contributed by atoms with Gasteiger partial charge in [-0.2, -0.15) is 0 Å². The largest absolute Gasteiger partial charge is 0.390 e. The number of urea groups is 1. The van der Waals surface area contributed by atoms with Gasteiger partial charge in [-0.25, -0.2) is 9.78 Å². The fourth-order valence-electron chi connectivity index (χ4n) is 2.66. The second kappa shape index (κ2) is 5.97. The van der Waals surface area contributed by atoms with E-state index in [0.717, 1.165) is 11.1 Å². The zero-order valence-corrected chi connectivity index (χ0v) is 11.6. The SMILES string of the molecule is O=C(NCCn1ccnc1)N[C@@H]1c2ccccc2C[C@@H]1O. The molecule has 1 aromatic heterocycles. The summed E-state index contributed by atoms with van der Waals surface area (Å²) in [6.45, 7) is 1.17. The lowest BCUT2D eigenvalue weighted by Crippen LogP contribution is -2.41. The molecule has 0 fully saturated rings. The van der Waals surface area contributed by atoms with Gasteiger partial charge in [0.15, 0.2) is 0 Å². The van der Waals surface area contributed by atoms with Gasteiger partial charge in [-0.15, -0.1) is 0 Å². The second-order valence-corrected chi connectivity index (χ2v) is 5.15. The van der Waals surface area contributed by atoms with Gasteiger partial charge in [0.1, 0.15) is 0 Å². The third-order valence-electron chi connectivity index (χ3n) is 3.71. The van der Waals surface area contributed by atoms with Crippen molar-refractivity contribution in [2.45, 2.75) is 25.1 Å². The van der Waals surface area contributed by atoms with Crippen LogP contribution >= 0.6 is 0 Å². The molecule has 2 amide bonds. The summed E-state index contributed by atoms with van der Waals surface area (Å²) in [5, 5.41) is 15.7. The van der Waals surface area contributed by atoms with Crippen LogP contribution in [-0.2, 0) is 13.0 Å². The Kier molecular flexibility index (Phi) is 3.87. The number of nitrogens with zero attached hydrogens (tertiary/aromatic N) is 2. The van der Waals surface area contributed by atoms with Crippen molar-refractivity contribution >= 4 is 6.03 Å². The summed E-state index contributed by atoms with van der Waals surface area (Å²) in [5.41, 5.74) is 2.09. The van der Waals surface area contributed by atoms with Crippen LogP contribution in [0.1, 0.15) is 17.2 Å². The molecule has 6 heteroatoms. The molecule has 1 aliphatic carbocycles. The van der Waals surface area contributed by atoms with E-state index in [1.165, 1.54) is 0 Å². The van der Waals surface area contributed by atoms with Crippen LogP contribution in [0.3, 0.4) is 0 Å². The van der Waals surface area contributed by atoms with Crippen molar-refractivity contribution in [2.75, 3.05) is 6.54 Å². The Labute approximate surface area is 122 Å². The van der Waals surface area contributed by atoms with Crippen molar-refractivity contribution < 1.29 is 9.90 Å². The molecule has 0 aliphatic heterocycles. The van der Waals surface area contributed by atoms with Crippen LogP contribution in [0.15, 0.2) is 43.0 Å². The molecule has 3 N–H and O–H groups in total. The number of carbonyl (C=O) groups excluding carboxylic acids is 1. The van der Waals surface area contributed by atoms with Crippen molar-refractivity contribution in [3.63, 3.8) is 0 Å². The fraction of sp³-hybridized carbons (Fsp3) is 0.333. The molecular weight excluding hydrogens is 268 g/mol. The third kappa shape index (κ3) is 3.05. The lowest BCUT2D eigenvalue weighted by molar-refractivity contribution is 0.142. The van der Waals surface area contributed by atoms with E-state index in [4.69, 9.17) is 0 Å². The summed E-state index contributed by atoms with van der Waals surface area (Å²) in [5.74, 6) is 0. The molecule has 0 bridgehead atoms. The maximum atomic E-state index is 11.9. The number of aliphatic hydroxyl groups is 1. The number of rotatable bonds is 4. The summed E-state index contributed by atoms with van der Waals surface area (Å²) in [4.78, 5) is 15.9. The van der Waals surface area contributed by atoms with E-state index in [9.17, 15) is 9.90 Å². The quantitative estimate of drug-likeness (QED) is 0.779. The molecule has 1 aliphatic rings. The van der Waals surface area contributed by atoms with E-state index in [2.05, 4.69) is 15.6 Å². The number of aliphatic hydroxyl groups excluding tert-OH is 1. The number of hydrogen-bond acceptors (Lipinski definition) is 3. The van der Waals surface area contributed by atoms with Gasteiger partial charge in [0, 0.05) is 31.9 Å². The highest BCUT2D eigenvalue weighted by Crippen LogP contribution is 2.30. The minimum atomic E-state index is -0.568. The first-order chi connectivity index (χ1) is 10.2. The predicted octanol–water partition coefficient (Wildman–Crippen LogP) is 0.841. The van der Waals surface area contributed by atoms with E-state index in [-0.39, 0.29) is 12.1 Å². The van der Waals surface area contributed by atoms with Gasteiger partial charge in [-0.3, -0.25) is 0 Å². The fourth-order valence-corrected chi connectivity index (χ4v) is 2.66.